The monoisotopic (exact) mass is 159 g/mol. The van der Waals surface area contributed by atoms with Gasteiger partial charge in [-0.2, -0.15) is 0 Å². The number of fused-ring (bicyclic) bond motifs is 1. The number of aromatic nitrogens is 3. The molecule has 0 saturated carbocycles. The molecule has 0 aliphatic carbocycles. The molecule has 3 heteroatoms. The van der Waals surface area contributed by atoms with Gasteiger partial charge < -0.3 is 0 Å². The van der Waals surface area contributed by atoms with Gasteiger partial charge in [0, 0.05) is 18.6 Å². The molecule has 0 radical (unpaired) electrons. The van der Waals surface area contributed by atoms with Crippen LogP contribution < -0.4 is 0 Å². The summed E-state index contributed by atoms with van der Waals surface area (Å²) in [5.41, 5.74) is 3.86. The van der Waals surface area contributed by atoms with Crippen molar-refractivity contribution in [3.05, 3.63) is 29.8 Å². The van der Waals surface area contributed by atoms with Gasteiger partial charge in [-0.25, -0.2) is 0 Å². The van der Waals surface area contributed by atoms with Gasteiger partial charge in [0.2, 0.25) is 0 Å². The fourth-order valence-electron chi connectivity index (χ4n) is 1.21. The second-order valence-corrected chi connectivity index (χ2v) is 2.78. The molecule has 0 fully saturated rings. The predicted octanol–water partition coefficient (Wildman–Crippen LogP) is 1.64. The van der Waals surface area contributed by atoms with Crippen LogP contribution >= 0.6 is 0 Å². The predicted molar refractivity (Wildman–Crippen MR) is 46.8 cm³/mol. The Bertz CT molecular complexity index is 383. The van der Waals surface area contributed by atoms with E-state index in [9.17, 15) is 0 Å². The minimum absolute atomic E-state index is 0.900. The highest BCUT2D eigenvalue weighted by Crippen LogP contribution is 2.13. The molecule has 0 amide bonds. The second-order valence-electron chi connectivity index (χ2n) is 2.78. The van der Waals surface area contributed by atoms with Gasteiger partial charge in [-0.15, -0.1) is 0 Å². The normalized spacial score (nSPS) is 10.5. The first-order valence-electron chi connectivity index (χ1n) is 3.82. The lowest BCUT2D eigenvalue weighted by Gasteiger charge is -2.00. The molecular formula is C9H9N3. The van der Waals surface area contributed by atoms with Crippen LogP contribution in [0.15, 0.2) is 18.6 Å². The molecule has 0 aliphatic heterocycles. The first-order valence-corrected chi connectivity index (χ1v) is 3.82. The van der Waals surface area contributed by atoms with E-state index in [0.29, 0.717) is 0 Å². The Kier molecular flexibility index (Phi) is 1.50. The van der Waals surface area contributed by atoms with Gasteiger partial charge in [-0.1, -0.05) is 0 Å². The quantitative estimate of drug-likeness (QED) is 0.586. The van der Waals surface area contributed by atoms with E-state index >= 15 is 0 Å². The van der Waals surface area contributed by atoms with E-state index in [2.05, 4.69) is 15.0 Å². The van der Waals surface area contributed by atoms with Crippen molar-refractivity contribution in [2.45, 2.75) is 13.8 Å². The summed E-state index contributed by atoms with van der Waals surface area (Å²) in [5, 5.41) is 0. The third kappa shape index (κ3) is 0.942. The van der Waals surface area contributed by atoms with Crippen LogP contribution in [0.25, 0.3) is 11.0 Å². The number of hydrogen-bond donors (Lipinski definition) is 0. The van der Waals surface area contributed by atoms with Crippen molar-refractivity contribution in [1.29, 1.82) is 0 Å². The third-order valence-electron chi connectivity index (χ3n) is 1.87. The maximum absolute atomic E-state index is 4.24. The first-order chi connectivity index (χ1) is 5.79. The smallest absolute Gasteiger partial charge is 0.110 e. The molecule has 0 unspecified atom stereocenters. The van der Waals surface area contributed by atoms with E-state index in [4.69, 9.17) is 0 Å². The molecular weight excluding hydrogens is 150 g/mol. The molecule has 0 atom stereocenters. The number of aryl methyl sites for hydroxylation is 2. The van der Waals surface area contributed by atoms with E-state index in [1.54, 1.807) is 12.4 Å². The summed E-state index contributed by atoms with van der Waals surface area (Å²) in [6.45, 7) is 3.93. The molecule has 2 heterocycles. The summed E-state index contributed by atoms with van der Waals surface area (Å²) in [4.78, 5) is 12.7. The van der Waals surface area contributed by atoms with Crippen molar-refractivity contribution in [2.75, 3.05) is 0 Å². The Labute approximate surface area is 70.5 Å². The highest BCUT2D eigenvalue weighted by atomic mass is 14.8. The van der Waals surface area contributed by atoms with Crippen molar-refractivity contribution >= 4 is 11.0 Å². The Morgan fingerprint density at radius 2 is 1.58 bits per heavy atom. The number of rotatable bonds is 0. The van der Waals surface area contributed by atoms with Gasteiger partial charge in [-0.3, -0.25) is 15.0 Å². The van der Waals surface area contributed by atoms with Crippen LogP contribution in [-0.4, -0.2) is 15.0 Å². The van der Waals surface area contributed by atoms with Crippen LogP contribution in [0.1, 0.15) is 11.3 Å². The molecule has 0 spiro atoms. The van der Waals surface area contributed by atoms with E-state index in [1.807, 2.05) is 20.0 Å². The van der Waals surface area contributed by atoms with Crippen molar-refractivity contribution < 1.29 is 0 Å². The Hall–Kier alpha value is -1.51. The molecule has 0 saturated heterocycles. The fraction of sp³-hybridized carbons (Fsp3) is 0.222. The maximum Gasteiger partial charge on any atom is 0.110 e. The molecule has 0 bridgehead atoms. The average molecular weight is 159 g/mol. The van der Waals surface area contributed by atoms with Crippen LogP contribution in [0.4, 0.5) is 0 Å². The van der Waals surface area contributed by atoms with Crippen LogP contribution in [0.3, 0.4) is 0 Å². The molecule has 60 valence electrons. The van der Waals surface area contributed by atoms with E-state index in [1.165, 1.54) is 0 Å². The largest absolute Gasteiger partial charge is 0.259 e. The topological polar surface area (TPSA) is 38.7 Å². The Morgan fingerprint density at radius 3 is 2.25 bits per heavy atom. The fourth-order valence-corrected chi connectivity index (χ4v) is 1.21. The maximum atomic E-state index is 4.24. The number of hydrogen-bond acceptors (Lipinski definition) is 3. The molecule has 0 N–H and O–H groups in total. The van der Waals surface area contributed by atoms with Crippen molar-refractivity contribution in [3.8, 4) is 0 Å². The summed E-state index contributed by atoms with van der Waals surface area (Å²) in [7, 11) is 0. The van der Waals surface area contributed by atoms with Gasteiger partial charge >= 0.3 is 0 Å². The van der Waals surface area contributed by atoms with Crippen molar-refractivity contribution in [2.24, 2.45) is 0 Å². The first kappa shape index (κ1) is 7.16. The standard InChI is InChI=1S/C9H9N3/c1-6-5-12-7(2)9-8(6)10-3-4-11-9/h3-5H,1-2H3. The molecule has 0 aliphatic rings. The summed E-state index contributed by atoms with van der Waals surface area (Å²) >= 11 is 0. The summed E-state index contributed by atoms with van der Waals surface area (Å²) in [6.07, 6.45) is 5.22. The van der Waals surface area contributed by atoms with Crippen LogP contribution in [-0.2, 0) is 0 Å². The van der Waals surface area contributed by atoms with Crippen molar-refractivity contribution in [1.82, 2.24) is 15.0 Å². The molecule has 3 nitrogen and oxygen atoms in total. The zero-order valence-corrected chi connectivity index (χ0v) is 7.07. The summed E-state index contributed by atoms with van der Waals surface area (Å²) in [6, 6.07) is 0. The lowest BCUT2D eigenvalue weighted by molar-refractivity contribution is 1.15. The minimum Gasteiger partial charge on any atom is -0.259 e. The summed E-state index contributed by atoms with van der Waals surface area (Å²) in [5.74, 6) is 0. The van der Waals surface area contributed by atoms with E-state index in [0.717, 1.165) is 22.3 Å². The molecule has 2 rings (SSSR count). The zero-order valence-electron chi connectivity index (χ0n) is 7.07. The third-order valence-corrected chi connectivity index (χ3v) is 1.87. The second kappa shape index (κ2) is 2.52. The molecule has 12 heavy (non-hydrogen) atoms. The van der Waals surface area contributed by atoms with Crippen LogP contribution in [0.5, 0.6) is 0 Å². The van der Waals surface area contributed by atoms with Gasteiger partial charge in [0.1, 0.15) is 5.52 Å². The molecule has 0 aromatic carbocycles. The lowest BCUT2D eigenvalue weighted by Crippen LogP contribution is -1.91. The van der Waals surface area contributed by atoms with E-state index in [-0.39, 0.29) is 0 Å². The van der Waals surface area contributed by atoms with Crippen molar-refractivity contribution in [3.63, 3.8) is 0 Å². The van der Waals surface area contributed by atoms with Gasteiger partial charge in [0.15, 0.2) is 0 Å². The highest BCUT2D eigenvalue weighted by molar-refractivity contribution is 5.78. The minimum atomic E-state index is 0.900. The molecule has 2 aromatic rings. The Morgan fingerprint density at radius 1 is 0.917 bits per heavy atom. The number of pyridine rings is 1. The van der Waals surface area contributed by atoms with Gasteiger partial charge in [-0.05, 0) is 19.4 Å². The number of nitrogens with zero attached hydrogens (tertiary/aromatic N) is 3. The lowest BCUT2D eigenvalue weighted by atomic mass is 10.2. The highest BCUT2D eigenvalue weighted by Gasteiger charge is 2.01. The molecule has 2 aromatic heterocycles. The van der Waals surface area contributed by atoms with Gasteiger partial charge in [0.05, 0.1) is 11.2 Å². The Balaban J connectivity index is 2.95. The SMILES string of the molecule is Cc1cnc(C)c2nccnc12. The van der Waals surface area contributed by atoms with E-state index < -0.39 is 0 Å². The summed E-state index contributed by atoms with van der Waals surface area (Å²) < 4.78 is 0. The average Bonchev–Trinajstić information content (AvgIpc) is 2.12. The van der Waals surface area contributed by atoms with Gasteiger partial charge in [0.25, 0.3) is 0 Å². The zero-order chi connectivity index (χ0) is 8.55. The van der Waals surface area contributed by atoms with Crippen LogP contribution in [0.2, 0.25) is 0 Å². The van der Waals surface area contributed by atoms with Crippen LogP contribution in [0, 0.1) is 13.8 Å².